The zero-order chi connectivity index (χ0) is 16.4. The van der Waals surface area contributed by atoms with E-state index in [1.54, 1.807) is 30.3 Å². The number of carbonyl (C=O) groups excluding carboxylic acids is 3. The fourth-order valence-corrected chi connectivity index (χ4v) is 3.21. The monoisotopic (exact) mass is 316 g/mol. The first-order chi connectivity index (χ1) is 11.1. The summed E-state index contributed by atoms with van der Waals surface area (Å²) in [7, 11) is 1.68. The van der Waals surface area contributed by atoms with Gasteiger partial charge in [-0.3, -0.25) is 19.3 Å². The Hall–Kier alpha value is -2.37. The Bertz CT molecular complexity index is 609. The van der Waals surface area contributed by atoms with Crippen LogP contribution in [0.4, 0.5) is 0 Å². The topological polar surface area (TPSA) is 70.8 Å². The van der Waals surface area contributed by atoms with Crippen LogP contribution < -0.4 is 0 Å². The van der Waals surface area contributed by atoms with Crippen LogP contribution in [0.5, 0.6) is 0 Å². The van der Waals surface area contributed by atoms with E-state index in [4.69, 9.17) is 4.42 Å². The Balaban J connectivity index is 1.54. The number of allylic oxidation sites excluding steroid dienone is 2. The van der Waals surface area contributed by atoms with Gasteiger partial charge < -0.3 is 9.32 Å². The Kier molecular flexibility index (Phi) is 4.32. The van der Waals surface area contributed by atoms with E-state index in [1.807, 2.05) is 12.2 Å². The summed E-state index contributed by atoms with van der Waals surface area (Å²) in [5, 5.41) is 0. The number of carbonyl (C=O) groups is 3. The van der Waals surface area contributed by atoms with Gasteiger partial charge >= 0.3 is 0 Å². The lowest BCUT2D eigenvalue weighted by Gasteiger charge is -2.18. The summed E-state index contributed by atoms with van der Waals surface area (Å²) in [5.41, 5.74) is 0. The minimum Gasteiger partial charge on any atom is -0.467 e. The molecule has 6 heteroatoms. The van der Waals surface area contributed by atoms with E-state index in [-0.39, 0.29) is 42.5 Å². The summed E-state index contributed by atoms with van der Waals surface area (Å²) < 4.78 is 5.21. The lowest BCUT2D eigenvalue weighted by molar-refractivity contribution is -0.140. The molecule has 1 saturated heterocycles. The first-order valence-corrected chi connectivity index (χ1v) is 7.84. The number of imide groups is 1. The van der Waals surface area contributed by atoms with E-state index in [0.717, 1.165) is 0 Å². The molecule has 1 aliphatic carbocycles. The molecule has 23 heavy (non-hydrogen) atoms. The van der Waals surface area contributed by atoms with Crippen LogP contribution in [0.3, 0.4) is 0 Å². The quantitative estimate of drug-likeness (QED) is 0.611. The van der Waals surface area contributed by atoms with Crippen molar-refractivity contribution in [3.8, 4) is 0 Å². The molecule has 3 rings (SSSR count). The summed E-state index contributed by atoms with van der Waals surface area (Å²) in [6.07, 6.45) is 6.86. The number of amides is 3. The van der Waals surface area contributed by atoms with Crippen molar-refractivity contribution in [2.24, 2.45) is 11.8 Å². The maximum absolute atomic E-state index is 12.3. The molecule has 0 bridgehead atoms. The molecule has 1 aliphatic heterocycles. The van der Waals surface area contributed by atoms with Crippen molar-refractivity contribution >= 4 is 17.7 Å². The lowest BCUT2D eigenvalue weighted by atomic mass is 9.85. The molecule has 2 heterocycles. The van der Waals surface area contributed by atoms with Gasteiger partial charge in [-0.2, -0.15) is 0 Å². The summed E-state index contributed by atoms with van der Waals surface area (Å²) >= 11 is 0. The van der Waals surface area contributed by atoms with Crippen LogP contribution in [0.15, 0.2) is 35.0 Å². The van der Waals surface area contributed by atoms with Gasteiger partial charge in [0.1, 0.15) is 5.76 Å². The van der Waals surface area contributed by atoms with E-state index < -0.39 is 0 Å². The van der Waals surface area contributed by atoms with E-state index >= 15 is 0 Å². The predicted molar refractivity (Wildman–Crippen MR) is 81.9 cm³/mol. The van der Waals surface area contributed by atoms with Crippen LogP contribution in [0.2, 0.25) is 0 Å². The largest absolute Gasteiger partial charge is 0.467 e. The molecule has 0 saturated carbocycles. The van der Waals surface area contributed by atoms with Gasteiger partial charge in [0.05, 0.1) is 24.6 Å². The third kappa shape index (κ3) is 3.06. The highest BCUT2D eigenvalue weighted by Gasteiger charge is 2.46. The number of fused-ring (bicyclic) bond motifs is 1. The molecular weight excluding hydrogens is 296 g/mol. The highest BCUT2D eigenvalue weighted by atomic mass is 16.3. The minimum absolute atomic E-state index is 0.116. The number of hydrogen-bond acceptors (Lipinski definition) is 4. The lowest BCUT2D eigenvalue weighted by Crippen LogP contribution is -2.36. The average Bonchev–Trinajstić information content (AvgIpc) is 3.14. The van der Waals surface area contributed by atoms with E-state index in [1.165, 1.54) is 4.90 Å². The normalized spacial score (nSPS) is 23.3. The molecule has 0 N–H and O–H groups in total. The molecule has 122 valence electrons. The van der Waals surface area contributed by atoms with Gasteiger partial charge in [-0.25, -0.2) is 0 Å². The van der Waals surface area contributed by atoms with Gasteiger partial charge in [-0.15, -0.1) is 0 Å². The van der Waals surface area contributed by atoms with Crippen LogP contribution in [-0.4, -0.2) is 41.1 Å². The van der Waals surface area contributed by atoms with E-state index in [0.29, 0.717) is 25.1 Å². The van der Waals surface area contributed by atoms with Crippen molar-refractivity contribution in [3.63, 3.8) is 0 Å². The highest BCUT2D eigenvalue weighted by Crippen LogP contribution is 2.35. The third-order valence-electron chi connectivity index (χ3n) is 4.55. The Morgan fingerprint density at radius 2 is 1.91 bits per heavy atom. The number of nitrogens with zero attached hydrogens (tertiary/aromatic N) is 2. The van der Waals surface area contributed by atoms with Crippen LogP contribution >= 0.6 is 0 Å². The maximum atomic E-state index is 12.3. The third-order valence-corrected chi connectivity index (χ3v) is 4.55. The Morgan fingerprint density at radius 3 is 2.48 bits per heavy atom. The molecular formula is C17H20N2O4. The molecule has 3 amide bonds. The van der Waals surface area contributed by atoms with Crippen molar-refractivity contribution in [1.29, 1.82) is 0 Å². The number of likely N-dealkylation sites (tertiary alicyclic amines) is 1. The molecule has 2 aliphatic rings. The molecule has 0 unspecified atom stereocenters. The van der Waals surface area contributed by atoms with E-state index in [9.17, 15) is 14.4 Å². The van der Waals surface area contributed by atoms with Gasteiger partial charge in [0, 0.05) is 20.0 Å². The minimum atomic E-state index is -0.233. The second-order valence-corrected chi connectivity index (χ2v) is 6.06. The van der Waals surface area contributed by atoms with Crippen molar-refractivity contribution in [2.45, 2.75) is 25.8 Å². The number of hydrogen-bond donors (Lipinski definition) is 0. The van der Waals surface area contributed by atoms with Gasteiger partial charge in [0.15, 0.2) is 0 Å². The van der Waals surface area contributed by atoms with Crippen molar-refractivity contribution in [3.05, 3.63) is 36.3 Å². The summed E-state index contributed by atoms with van der Waals surface area (Å²) in [6.45, 7) is 0.537. The van der Waals surface area contributed by atoms with Gasteiger partial charge in [0.25, 0.3) is 0 Å². The maximum Gasteiger partial charge on any atom is 0.233 e. The second kappa shape index (κ2) is 6.40. The Morgan fingerprint density at radius 1 is 1.26 bits per heavy atom. The number of rotatable bonds is 5. The molecule has 0 aromatic carbocycles. The first kappa shape index (κ1) is 15.5. The van der Waals surface area contributed by atoms with Crippen LogP contribution in [0, 0.1) is 11.8 Å². The summed E-state index contributed by atoms with van der Waals surface area (Å²) in [6, 6.07) is 3.57. The van der Waals surface area contributed by atoms with Crippen molar-refractivity contribution in [2.75, 3.05) is 13.6 Å². The molecule has 1 fully saturated rings. The zero-order valence-electron chi connectivity index (χ0n) is 13.1. The first-order valence-electron chi connectivity index (χ1n) is 7.84. The van der Waals surface area contributed by atoms with Gasteiger partial charge in [0.2, 0.25) is 17.7 Å². The highest BCUT2D eigenvalue weighted by molar-refractivity contribution is 6.05. The molecule has 6 nitrogen and oxygen atoms in total. The fraction of sp³-hybridized carbons (Fsp3) is 0.471. The summed E-state index contributed by atoms with van der Waals surface area (Å²) in [4.78, 5) is 39.6. The summed E-state index contributed by atoms with van der Waals surface area (Å²) in [5.74, 6) is -0.148. The SMILES string of the molecule is CN(Cc1ccco1)C(=O)CCN1C(=O)[C@H]2CC=CC[C@H]2C1=O. The molecule has 0 radical (unpaired) electrons. The van der Waals surface area contributed by atoms with E-state index in [2.05, 4.69) is 0 Å². The standard InChI is InChI=1S/C17H20N2O4/c1-18(11-12-5-4-10-23-12)15(20)8-9-19-16(21)13-6-2-3-7-14(13)17(19)22/h2-5,10,13-14H,6-9,11H2,1H3/t13-,14+. The Labute approximate surface area is 134 Å². The predicted octanol–water partition coefficient (Wildman–Crippen LogP) is 1.58. The molecule has 0 spiro atoms. The van der Waals surface area contributed by atoms with Crippen LogP contribution in [0.25, 0.3) is 0 Å². The average molecular weight is 316 g/mol. The van der Waals surface area contributed by atoms with Crippen LogP contribution in [0.1, 0.15) is 25.0 Å². The van der Waals surface area contributed by atoms with Crippen LogP contribution in [-0.2, 0) is 20.9 Å². The molecule has 1 aromatic rings. The van der Waals surface area contributed by atoms with Crippen molar-refractivity contribution in [1.82, 2.24) is 9.80 Å². The van der Waals surface area contributed by atoms with Gasteiger partial charge in [-0.05, 0) is 25.0 Å². The zero-order valence-corrected chi connectivity index (χ0v) is 13.1. The smallest absolute Gasteiger partial charge is 0.233 e. The van der Waals surface area contributed by atoms with Crippen molar-refractivity contribution < 1.29 is 18.8 Å². The fourth-order valence-electron chi connectivity index (χ4n) is 3.21. The molecule has 2 atom stereocenters. The molecule has 1 aromatic heterocycles. The van der Waals surface area contributed by atoms with Gasteiger partial charge in [-0.1, -0.05) is 12.2 Å². The number of furan rings is 1. The second-order valence-electron chi connectivity index (χ2n) is 6.06.